The average Bonchev–Trinajstić information content (AvgIpc) is 3.12. The smallest absolute Gasteiger partial charge is 0.325 e. The number of piperidine rings is 1. The van der Waals surface area contributed by atoms with Crippen LogP contribution in [0.15, 0.2) is 12.3 Å². The minimum atomic E-state index is -0.482. The molecule has 1 aromatic heterocycles. The van der Waals surface area contributed by atoms with Gasteiger partial charge in [-0.1, -0.05) is 0 Å². The van der Waals surface area contributed by atoms with Crippen LogP contribution >= 0.6 is 0 Å². The number of carbonyl (C=O) groups is 3. The summed E-state index contributed by atoms with van der Waals surface area (Å²) in [7, 11) is 0. The molecule has 1 aromatic rings. The first-order valence-corrected chi connectivity index (χ1v) is 7.47. The van der Waals surface area contributed by atoms with Crippen molar-refractivity contribution in [3.63, 3.8) is 0 Å². The van der Waals surface area contributed by atoms with Crippen LogP contribution < -0.4 is 5.32 Å². The van der Waals surface area contributed by atoms with E-state index in [0.717, 1.165) is 29.9 Å². The van der Waals surface area contributed by atoms with Crippen molar-refractivity contribution in [2.75, 3.05) is 26.2 Å². The number of aromatic nitrogens is 2. The van der Waals surface area contributed by atoms with E-state index in [1.165, 1.54) is 0 Å². The molecule has 3 rings (SSSR count). The van der Waals surface area contributed by atoms with Gasteiger partial charge >= 0.3 is 6.03 Å². The Kier molecular flexibility index (Phi) is 4.08. The quantitative estimate of drug-likeness (QED) is 0.749. The number of aromatic amines is 1. The summed E-state index contributed by atoms with van der Waals surface area (Å²) in [5.74, 6) is -0.134. The number of urea groups is 1. The zero-order chi connectivity index (χ0) is 15.5. The van der Waals surface area contributed by atoms with Crippen molar-refractivity contribution >= 4 is 17.8 Å². The van der Waals surface area contributed by atoms with Crippen molar-refractivity contribution in [3.8, 4) is 0 Å². The first kappa shape index (κ1) is 14.6. The summed E-state index contributed by atoms with van der Waals surface area (Å²) in [6, 6.07) is 1.46. The minimum Gasteiger partial charge on any atom is -0.341 e. The van der Waals surface area contributed by atoms with Crippen LogP contribution in [-0.2, 0) is 16.0 Å². The van der Waals surface area contributed by atoms with Crippen LogP contribution in [0.3, 0.4) is 0 Å². The first-order chi connectivity index (χ1) is 10.6. The molecule has 0 bridgehead atoms. The Labute approximate surface area is 127 Å². The largest absolute Gasteiger partial charge is 0.341 e. The van der Waals surface area contributed by atoms with Crippen LogP contribution in [-0.4, -0.2) is 64.0 Å². The van der Waals surface area contributed by atoms with Crippen LogP contribution in [0, 0.1) is 5.92 Å². The fourth-order valence-corrected chi connectivity index (χ4v) is 3.02. The Morgan fingerprint density at radius 2 is 2.27 bits per heavy atom. The van der Waals surface area contributed by atoms with Gasteiger partial charge in [0, 0.05) is 25.0 Å². The summed E-state index contributed by atoms with van der Waals surface area (Å²) < 4.78 is 0. The zero-order valence-electron chi connectivity index (χ0n) is 12.2. The molecular weight excluding hydrogens is 286 g/mol. The molecule has 22 heavy (non-hydrogen) atoms. The van der Waals surface area contributed by atoms with Gasteiger partial charge in [0.25, 0.3) is 5.91 Å². The summed E-state index contributed by atoms with van der Waals surface area (Å²) in [5.41, 5.74) is 1.06. The van der Waals surface area contributed by atoms with Crippen LogP contribution in [0.1, 0.15) is 18.5 Å². The number of rotatable bonds is 4. The normalized spacial score (nSPS) is 22.1. The van der Waals surface area contributed by atoms with E-state index >= 15 is 0 Å². The number of imide groups is 1. The summed E-state index contributed by atoms with van der Waals surface area (Å²) >= 11 is 0. The predicted molar refractivity (Wildman–Crippen MR) is 76.7 cm³/mol. The van der Waals surface area contributed by atoms with E-state index in [4.69, 9.17) is 0 Å². The Hall–Kier alpha value is -2.38. The Balaban J connectivity index is 1.56. The van der Waals surface area contributed by atoms with E-state index in [2.05, 4.69) is 15.5 Å². The zero-order valence-corrected chi connectivity index (χ0v) is 12.2. The van der Waals surface area contributed by atoms with Crippen LogP contribution in [0.5, 0.6) is 0 Å². The van der Waals surface area contributed by atoms with E-state index in [1.807, 2.05) is 6.07 Å². The van der Waals surface area contributed by atoms with Crippen LogP contribution in [0.4, 0.5) is 4.79 Å². The number of amides is 4. The topological polar surface area (TPSA) is 98.4 Å². The second-order valence-corrected chi connectivity index (χ2v) is 5.77. The molecule has 2 saturated heterocycles. The van der Waals surface area contributed by atoms with Crippen molar-refractivity contribution in [3.05, 3.63) is 18.0 Å². The fourth-order valence-electron chi connectivity index (χ4n) is 3.02. The molecule has 3 heterocycles. The maximum absolute atomic E-state index is 12.3. The lowest BCUT2D eigenvalue weighted by molar-refractivity contribution is -0.137. The second-order valence-electron chi connectivity index (χ2n) is 5.77. The number of H-pyrrole nitrogens is 1. The Morgan fingerprint density at radius 1 is 1.41 bits per heavy atom. The van der Waals surface area contributed by atoms with Gasteiger partial charge in [0.2, 0.25) is 5.91 Å². The van der Waals surface area contributed by atoms with Gasteiger partial charge in [-0.15, -0.1) is 0 Å². The molecule has 118 valence electrons. The maximum Gasteiger partial charge on any atom is 0.325 e. The molecule has 0 unspecified atom stereocenters. The summed E-state index contributed by atoms with van der Waals surface area (Å²) in [6.45, 7) is 1.15. The molecule has 0 radical (unpaired) electrons. The highest BCUT2D eigenvalue weighted by atomic mass is 16.2. The Morgan fingerprint density at radius 3 is 2.95 bits per heavy atom. The van der Waals surface area contributed by atoms with Gasteiger partial charge in [-0.05, 0) is 31.2 Å². The lowest BCUT2D eigenvalue weighted by atomic mass is 9.93. The van der Waals surface area contributed by atoms with Crippen molar-refractivity contribution in [1.29, 1.82) is 0 Å². The number of hydrogen-bond donors (Lipinski definition) is 2. The highest BCUT2D eigenvalue weighted by molar-refractivity contribution is 6.04. The van der Waals surface area contributed by atoms with Gasteiger partial charge in [0.05, 0.1) is 6.54 Å². The molecule has 0 saturated carbocycles. The third kappa shape index (κ3) is 3.10. The van der Waals surface area contributed by atoms with Crippen LogP contribution in [0.25, 0.3) is 0 Å². The monoisotopic (exact) mass is 305 g/mol. The highest BCUT2D eigenvalue weighted by Gasteiger charge is 2.32. The van der Waals surface area contributed by atoms with Gasteiger partial charge in [0.1, 0.15) is 6.54 Å². The standard InChI is InChI=1S/C14H19N5O3/c20-12-7-15-14(22)19(12)9-13(21)18-5-1-2-10(8-18)6-11-3-4-16-17-11/h3-4,10H,1-2,5-9H2,(H,15,22)(H,16,17)/t10-/m1/s1. The number of nitrogens with one attached hydrogen (secondary N) is 2. The van der Waals surface area contributed by atoms with Gasteiger partial charge in [-0.25, -0.2) is 4.79 Å². The van der Waals surface area contributed by atoms with Crippen molar-refractivity contribution in [2.24, 2.45) is 5.92 Å². The number of nitrogens with zero attached hydrogens (tertiary/aromatic N) is 3. The lowest BCUT2D eigenvalue weighted by Crippen LogP contribution is -2.47. The maximum atomic E-state index is 12.3. The third-order valence-corrected chi connectivity index (χ3v) is 4.17. The molecule has 0 aliphatic carbocycles. The lowest BCUT2D eigenvalue weighted by Gasteiger charge is -2.33. The van der Waals surface area contributed by atoms with Crippen LogP contribution in [0.2, 0.25) is 0 Å². The summed E-state index contributed by atoms with van der Waals surface area (Å²) in [5, 5.41) is 9.29. The van der Waals surface area contributed by atoms with Gasteiger partial charge in [-0.3, -0.25) is 19.6 Å². The van der Waals surface area contributed by atoms with E-state index in [0.29, 0.717) is 19.0 Å². The molecule has 2 aliphatic heterocycles. The molecule has 2 fully saturated rings. The fraction of sp³-hybridized carbons (Fsp3) is 0.571. The molecule has 4 amide bonds. The molecule has 2 N–H and O–H groups in total. The second kappa shape index (κ2) is 6.17. The molecule has 1 atom stereocenters. The van der Waals surface area contributed by atoms with E-state index in [1.54, 1.807) is 11.1 Å². The SMILES string of the molecule is O=C(CN1C(=O)CNC1=O)N1CCC[C@H](Cc2ccn[nH]2)C1. The molecule has 0 spiro atoms. The van der Waals surface area contributed by atoms with Crippen molar-refractivity contribution in [1.82, 2.24) is 25.3 Å². The number of likely N-dealkylation sites (tertiary alicyclic amines) is 1. The van der Waals surface area contributed by atoms with Crippen molar-refractivity contribution in [2.45, 2.75) is 19.3 Å². The predicted octanol–water partition coefficient (Wildman–Crippen LogP) is -0.257. The first-order valence-electron chi connectivity index (χ1n) is 7.47. The van der Waals surface area contributed by atoms with Gasteiger partial charge in [-0.2, -0.15) is 5.10 Å². The van der Waals surface area contributed by atoms with Crippen molar-refractivity contribution < 1.29 is 14.4 Å². The minimum absolute atomic E-state index is 0.0193. The number of carbonyl (C=O) groups excluding carboxylic acids is 3. The summed E-state index contributed by atoms with van der Waals surface area (Å²) in [6.07, 6.45) is 4.57. The molecular formula is C14H19N5O3. The Bertz CT molecular complexity index is 555. The van der Waals surface area contributed by atoms with Gasteiger partial charge < -0.3 is 10.2 Å². The molecule has 8 heteroatoms. The third-order valence-electron chi connectivity index (χ3n) is 4.17. The average molecular weight is 305 g/mol. The van der Waals surface area contributed by atoms with E-state index < -0.39 is 6.03 Å². The van der Waals surface area contributed by atoms with E-state index in [9.17, 15) is 14.4 Å². The summed E-state index contributed by atoms with van der Waals surface area (Å²) in [4.78, 5) is 38.1. The molecule has 8 nitrogen and oxygen atoms in total. The van der Waals surface area contributed by atoms with E-state index in [-0.39, 0.29) is 24.9 Å². The van der Waals surface area contributed by atoms with Gasteiger partial charge in [0.15, 0.2) is 0 Å². The molecule has 0 aromatic carbocycles. The molecule has 2 aliphatic rings. The highest BCUT2D eigenvalue weighted by Crippen LogP contribution is 2.20. The number of hydrogen-bond acceptors (Lipinski definition) is 4.